The monoisotopic (exact) mass is 346 g/mol. The van der Waals surface area contributed by atoms with E-state index < -0.39 is 6.10 Å². The van der Waals surface area contributed by atoms with Crippen LogP contribution in [0.2, 0.25) is 0 Å². The van der Waals surface area contributed by atoms with Crippen molar-refractivity contribution >= 4 is 11.5 Å². The zero-order valence-electron chi connectivity index (χ0n) is 15.8. The van der Waals surface area contributed by atoms with E-state index in [0.29, 0.717) is 25.0 Å². The molecule has 2 N–H and O–H groups in total. The zero-order valence-corrected chi connectivity index (χ0v) is 15.8. The van der Waals surface area contributed by atoms with Crippen LogP contribution in [0, 0.1) is 12.8 Å². The maximum Gasteiger partial charge on any atom is 0.307 e. The van der Waals surface area contributed by atoms with Crippen molar-refractivity contribution in [3.05, 3.63) is 40.1 Å². The highest BCUT2D eigenvalue weighted by Crippen LogP contribution is 2.40. The number of ether oxygens (including phenoxy) is 1. The first-order valence-corrected chi connectivity index (χ1v) is 9.24. The first kappa shape index (κ1) is 19.7. The van der Waals surface area contributed by atoms with Crippen LogP contribution < -0.4 is 0 Å². The summed E-state index contributed by atoms with van der Waals surface area (Å²) in [5.74, 6) is 0.323. The van der Waals surface area contributed by atoms with Gasteiger partial charge >= 0.3 is 5.97 Å². The van der Waals surface area contributed by atoms with E-state index in [-0.39, 0.29) is 18.5 Å². The van der Waals surface area contributed by atoms with Gasteiger partial charge in [-0.2, -0.15) is 0 Å². The van der Waals surface area contributed by atoms with E-state index >= 15 is 0 Å². The van der Waals surface area contributed by atoms with Crippen LogP contribution in [0.15, 0.2) is 17.9 Å². The molecule has 0 aliphatic heterocycles. The summed E-state index contributed by atoms with van der Waals surface area (Å²) in [5.41, 5.74) is 5.36. The van der Waals surface area contributed by atoms with Gasteiger partial charge in [0.2, 0.25) is 0 Å². The standard InChI is InChI=1S/C21H30O4/c1-5-16-9-13(3)10-17(6-2)20(16)21-18(24)11-15(7-8-22)12-19(21)25-14(4)23/h9-10,15,18,22,24H,5-8,11-12H2,1-4H3. The summed E-state index contributed by atoms with van der Waals surface area (Å²) in [4.78, 5) is 11.6. The third kappa shape index (κ3) is 4.50. The lowest BCUT2D eigenvalue weighted by atomic mass is 9.78. The predicted octanol–water partition coefficient (Wildman–Crippen LogP) is 3.55. The van der Waals surface area contributed by atoms with Crippen LogP contribution >= 0.6 is 0 Å². The summed E-state index contributed by atoms with van der Waals surface area (Å²) < 4.78 is 5.53. The molecule has 1 aromatic rings. The smallest absolute Gasteiger partial charge is 0.307 e. The van der Waals surface area contributed by atoms with Crippen LogP contribution in [0.1, 0.15) is 62.3 Å². The van der Waals surface area contributed by atoms with Crippen LogP contribution in [0.4, 0.5) is 0 Å². The number of allylic oxidation sites excluding steroid dienone is 1. The fourth-order valence-corrected chi connectivity index (χ4v) is 3.90. The number of aliphatic hydroxyl groups excluding tert-OH is 2. The van der Waals surface area contributed by atoms with E-state index in [1.807, 2.05) is 0 Å². The molecule has 2 unspecified atom stereocenters. The van der Waals surface area contributed by atoms with Crippen LogP contribution in [0.25, 0.3) is 5.57 Å². The largest absolute Gasteiger partial charge is 0.431 e. The predicted molar refractivity (Wildman–Crippen MR) is 99.1 cm³/mol. The maximum absolute atomic E-state index is 11.6. The topological polar surface area (TPSA) is 66.8 Å². The molecule has 0 bridgehead atoms. The molecule has 1 aromatic carbocycles. The van der Waals surface area contributed by atoms with Crippen molar-refractivity contribution < 1.29 is 19.7 Å². The molecule has 138 valence electrons. The molecule has 4 heteroatoms. The second kappa shape index (κ2) is 8.63. The Kier molecular flexibility index (Phi) is 6.79. The number of aryl methyl sites for hydroxylation is 3. The molecule has 0 aromatic heterocycles. The second-order valence-corrected chi connectivity index (χ2v) is 6.93. The Morgan fingerprint density at radius 1 is 1.24 bits per heavy atom. The van der Waals surface area contributed by atoms with E-state index in [1.165, 1.54) is 23.6 Å². The van der Waals surface area contributed by atoms with Crippen LogP contribution in [-0.2, 0) is 22.4 Å². The van der Waals surface area contributed by atoms with Gasteiger partial charge < -0.3 is 14.9 Å². The van der Waals surface area contributed by atoms with E-state index in [0.717, 1.165) is 24.0 Å². The summed E-state index contributed by atoms with van der Waals surface area (Å²) in [6.45, 7) is 7.76. The Morgan fingerprint density at radius 2 is 1.84 bits per heavy atom. The summed E-state index contributed by atoms with van der Waals surface area (Å²) in [6, 6.07) is 4.30. The average molecular weight is 346 g/mol. The van der Waals surface area contributed by atoms with Gasteiger partial charge in [-0.3, -0.25) is 4.79 Å². The second-order valence-electron chi connectivity index (χ2n) is 6.93. The Bertz CT molecular complexity index is 635. The molecule has 0 radical (unpaired) electrons. The van der Waals surface area contributed by atoms with E-state index in [2.05, 4.69) is 32.9 Å². The lowest BCUT2D eigenvalue weighted by Crippen LogP contribution is -2.26. The minimum Gasteiger partial charge on any atom is -0.431 e. The van der Waals surface area contributed by atoms with Crippen LogP contribution in [0.5, 0.6) is 0 Å². The first-order chi connectivity index (χ1) is 11.9. The number of carbonyl (C=O) groups excluding carboxylic acids is 1. The van der Waals surface area contributed by atoms with Gasteiger partial charge in [0.1, 0.15) is 5.76 Å². The highest BCUT2D eigenvalue weighted by molar-refractivity contribution is 5.79. The van der Waals surface area contributed by atoms with Gasteiger partial charge in [-0.25, -0.2) is 0 Å². The van der Waals surface area contributed by atoms with Crippen molar-refractivity contribution in [2.75, 3.05) is 6.61 Å². The van der Waals surface area contributed by atoms with Gasteiger partial charge in [0.05, 0.1) is 6.10 Å². The summed E-state index contributed by atoms with van der Waals surface area (Å²) in [7, 11) is 0. The molecule has 2 atom stereocenters. The molecule has 4 nitrogen and oxygen atoms in total. The fraction of sp³-hybridized carbons (Fsp3) is 0.571. The molecule has 1 aliphatic rings. The van der Waals surface area contributed by atoms with E-state index in [4.69, 9.17) is 4.74 Å². The molecular formula is C21H30O4. The molecular weight excluding hydrogens is 316 g/mol. The van der Waals surface area contributed by atoms with E-state index in [9.17, 15) is 15.0 Å². The maximum atomic E-state index is 11.6. The fourth-order valence-electron chi connectivity index (χ4n) is 3.90. The average Bonchev–Trinajstić information content (AvgIpc) is 2.54. The number of esters is 1. The number of benzene rings is 1. The quantitative estimate of drug-likeness (QED) is 0.773. The molecule has 2 rings (SSSR count). The molecule has 1 aliphatic carbocycles. The summed E-state index contributed by atoms with van der Waals surface area (Å²) >= 11 is 0. The highest BCUT2D eigenvalue weighted by Gasteiger charge is 2.32. The number of aliphatic hydroxyl groups is 2. The van der Waals surface area contributed by atoms with Crippen molar-refractivity contribution in [1.82, 2.24) is 0 Å². The van der Waals surface area contributed by atoms with Crippen molar-refractivity contribution in [2.45, 2.75) is 65.9 Å². The van der Waals surface area contributed by atoms with Gasteiger partial charge in [-0.15, -0.1) is 0 Å². The minimum absolute atomic E-state index is 0.0744. The van der Waals surface area contributed by atoms with Crippen molar-refractivity contribution in [1.29, 1.82) is 0 Å². The number of hydrogen-bond acceptors (Lipinski definition) is 4. The van der Waals surface area contributed by atoms with Gasteiger partial charge in [0, 0.05) is 25.5 Å². The van der Waals surface area contributed by atoms with E-state index in [1.54, 1.807) is 0 Å². The van der Waals surface area contributed by atoms with Crippen LogP contribution in [-0.4, -0.2) is 28.9 Å². The SMILES string of the molecule is CCc1cc(C)cc(CC)c1C1=C(OC(C)=O)CC(CCO)CC1O. The third-order valence-corrected chi connectivity index (χ3v) is 4.95. The van der Waals surface area contributed by atoms with Crippen LogP contribution in [0.3, 0.4) is 0 Å². The minimum atomic E-state index is -0.682. The Balaban J connectivity index is 2.64. The zero-order chi connectivity index (χ0) is 18.6. The lowest BCUT2D eigenvalue weighted by molar-refractivity contribution is -0.137. The first-order valence-electron chi connectivity index (χ1n) is 9.24. The highest BCUT2D eigenvalue weighted by atomic mass is 16.5. The van der Waals surface area contributed by atoms with Crippen molar-refractivity contribution in [2.24, 2.45) is 5.92 Å². The summed E-state index contributed by atoms with van der Waals surface area (Å²) in [6.07, 6.45) is 2.79. The molecule has 0 saturated heterocycles. The van der Waals surface area contributed by atoms with Gasteiger partial charge in [-0.1, -0.05) is 31.5 Å². The number of rotatable bonds is 6. The normalized spacial score (nSPS) is 20.7. The Morgan fingerprint density at radius 3 is 2.32 bits per heavy atom. The molecule has 0 fully saturated rings. The van der Waals surface area contributed by atoms with Gasteiger partial charge in [0.15, 0.2) is 0 Å². The van der Waals surface area contributed by atoms with Gasteiger partial charge in [-0.05, 0) is 55.2 Å². The molecule has 0 saturated carbocycles. The van der Waals surface area contributed by atoms with Gasteiger partial charge in [0.25, 0.3) is 0 Å². The molecule has 25 heavy (non-hydrogen) atoms. The lowest BCUT2D eigenvalue weighted by Gasteiger charge is -2.32. The molecule has 0 amide bonds. The Labute approximate surface area is 150 Å². The van der Waals surface area contributed by atoms with Crippen molar-refractivity contribution in [3.8, 4) is 0 Å². The molecule has 0 spiro atoms. The number of hydrogen-bond donors (Lipinski definition) is 2. The Hall–Kier alpha value is -1.65. The number of carbonyl (C=O) groups is 1. The van der Waals surface area contributed by atoms with Crippen molar-refractivity contribution in [3.63, 3.8) is 0 Å². The summed E-state index contributed by atoms with van der Waals surface area (Å²) in [5, 5.41) is 20.1. The molecule has 0 heterocycles. The third-order valence-electron chi connectivity index (χ3n) is 4.95.